The average Bonchev–Trinajstić information content (AvgIpc) is 2.72. The van der Waals surface area contributed by atoms with Crippen LogP contribution in [0.1, 0.15) is 22.4 Å². The number of nitrogens with zero attached hydrogens (tertiary/aromatic N) is 2. The molecule has 3 rings (SSSR count). The van der Waals surface area contributed by atoms with Crippen LogP contribution in [0.4, 0.5) is 17.6 Å². The topological polar surface area (TPSA) is 51.3 Å². The molecule has 0 bridgehead atoms. The fourth-order valence-corrected chi connectivity index (χ4v) is 2.29. The minimum atomic E-state index is -4.65. The number of hydrogen-bond donors (Lipinski definition) is 1. The Morgan fingerprint density at radius 3 is 2.52 bits per heavy atom. The molecular weight excluding hydrogens is 286 g/mol. The number of benzene rings is 1. The van der Waals surface area contributed by atoms with Gasteiger partial charge in [-0.05, 0) is 12.1 Å². The molecule has 2 heterocycles. The highest BCUT2D eigenvalue weighted by Crippen LogP contribution is 2.42. The lowest BCUT2D eigenvalue weighted by molar-refractivity contribution is -0.141. The number of pyridine rings is 1. The van der Waals surface area contributed by atoms with Gasteiger partial charge >= 0.3 is 6.18 Å². The highest BCUT2D eigenvalue weighted by molar-refractivity contribution is 6.02. The molecule has 0 fully saturated rings. The van der Waals surface area contributed by atoms with Gasteiger partial charge < -0.3 is 5.73 Å². The monoisotopic (exact) mass is 295 g/mol. The van der Waals surface area contributed by atoms with E-state index in [1.165, 1.54) is 6.07 Å². The van der Waals surface area contributed by atoms with Crippen molar-refractivity contribution in [2.24, 2.45) is 10.7 Å². The Morgan fingerprint density at radius 2 is 1.81 bits per heavy atom. The molecule has 2 N–H and O–H groups in total. The zero-order valence-electron chi connectivity index (χ0n) is 10.5. The number of alkyl halides is 4. The van der Waals surface area contributed by atoms with Crippen LogP contribution in [0, 0.1) is 0 Å². The third kappa shape index (κ3) is 2.05. The summed E-state index contributed by atoms with van der Waals surface area (Å²) in [4.78, 5) is 6.93. The van der Waals surface area contributed by atoms with Gasteiger partial charge in [0.25, 0.3) is 5.79 Å². The van der Waals surface area contributed by atoms with Crippen molar-refractivity contribution in [3.63, 3.8) is 0 Å². The first kappa shape index (κ1) is 13.5. The van der Waals surface area contributed by atoms with E-state index in [-0.39, 0.29) is 17.0 Å². The molecule has 1 aromatic heterocycles. The lowest BCUT2D eigenvalue weighted by Crippen LogP contribution is -2.19. The van der Waals surface area contributed by atoms with Crippen molar-refractivity contribution in [1.29, 1.82) is 0 Å². The van der Waals surface area contributed by atoms with Crippen molar-refractivity contribution in [2.75, 3.05) is 0 Å². The molecule has 7 heteroatoms. The van der Waals surface area contributed by atoms with Crippen LogP contribution in [0.5, 0.6) is 0 Å². The molecule has 0 amide bonds. The van der Waals surface area contributed by atoms with Crippen molar-refractivity contribution < 1.29 is 17.6 Å². The van der Waals surface area contributed by atoms with Crippen LogP contribution in [-0.4, -0.2) is 10.8 Å². The summed E-state index contributed by atoms with van der Waals surface area (Å²) in [7, 11) is 0. The first-order valence-electron chi connectivity index (χ1n) is 6.00. The van der Waals surface area contributed by atoms with Gasteiger partial charge in [0.15, 0.2) is 0 Å². The molecule has 1 aliphatic rings. The number of halogens is 4. The summed E-state index contributed by atoms with van der Waals surface area (Å²) >= 11 is 0. The van der Waals surface area contributed by atoms with E-state index >= 15 is 4.39 Å². The second-order valence-electron chi connectivity index (χ2n) is 4.59. The van der Waals surface area contributed by atoms with Crippen LogP contribution >= 0.6 is 0 Å². The number of aromatic nitrogens is 1. The predicted molar refractivity (Wildman–Crippen MR) is 68.3 cm³/mol. The number of fused-ring (bicyclic) bond motifs is 1. The van der Waals surface area contributed by atoms with Gasteiger partial charge in [0.05, 0.1) is 0 Å². The lowest BCUT2D eigenvalue weighted by atomic mass is 9.95. The average molecular weight is 295 g/mol. The van der Waals surface area contributed by atoms with Crippen LogP contribution in [0.15, 0.2) is 47.6 Å². The van der Waals surface area contributed by atoms with Crippen LogP contribution in [0.25, 0.3) is 0 Å². The molecule has 3 nitrogen and oxygen atoms in total. The molecule has 0 saturated heterocycles. The molecule has 1 atom stereocenters. The van der Waals surface area contributed by atoms with E-state index in [4.69, 9.17) is 5.73 Å². The minimum Gasteiger partial charge on any atom is -0.383 e. The highest BCUT2D eigenvalue weighted by Gasteiger charge is 2.43. The molecule has 1 aromatic carbocycles. The van der Waals surface area contributed by atoms with Crippen molar-refractivity contribution in [1.82, 2.24) is 4.98 Å². The second kappa shape index (κ2) is 4.28. The van der Waals surface area contributed by atoms with Gasteiger partial charge in [-0.15, -0.1) is 0 Å². The normalized spacial score (nSPS) is 21.0. The third-order valence-electron chi connectivity index (χ3n) is 3.27. The quantitative estimate of drug-likeness (QED) is 0.649. The van der Waals surface area contributed by atoms with Crippen LogP contribution in [-0.2, 0) is 12.0 Å². The molecule has 0 spiro atoms. The summed E-state index contributed by atoms with van der Waals surface area (Å²) in [6.45, 7) is 0. The zero-order valence-corrected chi connectivity index (χ0v) is 10.5. The second-order valence-corrected chi connectivity index (χ2v) is 4.59. The Morgan fingerprint density at radius 1 is 1.10 bits per heavy atom. The first-order valence-corrected chi connectivity index (χ1v) is 6.00. The van der Waals surface area contributed by atoms with Crippen LogP contribution in [0.3, 0.4) is 0 Å². The van der Waals surface area contributed by atoms with Gasteiger partial charge in [0, 0.05) is 22.9 Å². The Hall–Kier alpha value is -2.44. The first-order chi connectivity index (χ1) is 9.82. The van der Waals surface area contributed by atoms with E-state index in [2.05, 4.69) is 9.98 Å². The molecule has 0 saturated carbocycles. The lowest BCUT2D eigenvalue weighted by Gasteiger charge is -2.19. The van der Waals surface area contributed by atoms with Crippen molar-refractivity contribution >= 4 is 5.84 Å². The standard InChI is InChI=1S/C14H9F4N3/c15-13(8-5-6-20-11(7-8)14(16,17)18)10-4-2-1-3-9(10)12(19)21-13/h1-7H,(H2,19,21). The fourth-order valence-electron chi connectivity index (χ4n) is 2.29. The number of rotatable bonds is 1. The van der Waals surface area contributed by atoms with Gasteiger partial charge in [0.1, 0.15) is 11.5 Å². The van der Waals surface area contributed by atoms with E-state index in [9.17, 15) is 13.2 Å². The van der Waals surface area contributed by atoms with Gasteiger partial charge in [-0.3, -0.25) is 4.98 Å². The smallest absolute Gasteiger partial charge is 0.383 e. The molecular formula is C14H9F4N3. The van der Waals surface area contributed by atoms with E-state index < -0.39 is 17.7 Å². The Labute approximate surface area is 117 Å². The largest absolute Gasteiger partial charge is 0.433 e. The summed E-state index contributed by atoms with van der Waals surface area (Å²) in [6, 6.07) is 8.06. The number of nitrogens with two attached hydrogens (primary N) is 1. The van der Waals surface area contributed by atoms with Gasteiger partial charge in [-0.25, -0.2) is 9.38 Å². The summed E-state index contributed by atoms with van der Waals surface area (Å²) in [5.74, 6) is -2.47. The highest BCUT2D eigenvalue weighted by atomic mass is 19.4. The summed E-state index contributed by atoms with van der Waals surface area (Å²) < 4.78 is 53.3. The molecule has 1 unspecified atom stereocenters. The zero-order chi connectivity index (χ0) is 15.3. The minimum absolute atomic E-state index is 0.0431. The van der Waals surface area contributed by atoms with Gasteiger partial charge in [-0.1, -0.05) is 24.3 Å². The maximum atomic E-state index is 15.2. The Bertz CT molecular complexity index is 739. The third-order valence-corrected chi connectivity index (χ3v) is 3.27. The van der Waals surface area contributed by atoms with Gasteiger partial charge in [-0.2, -0.15) is 13.2 Å². The summed E-state index contributed by atoms with van der Waals surface area (Å²) in [6.07, 6.45) is -3.74. The summed E-state index contributed by atoms with van der Waals surface area (Å²) in [5.41, 5.74) is 4.74. The Kier molecular flexibility index (Phi) is 2.76. The maximum Gasteiger partial charge on any atom is 0.433 e. The van der Waals surface area contributed by atoms with E-state index in [0.29, 0.717) is 11.6 Å². The maximum absolute atomic E-state index is 15.2. The molecule has 0 aliphatic carbocycles. The van der Waals surface area contributed by atoms with Crippen molar-refractivity contribution in [3.05, 3.63) is 65.0 Å². The molecule has 1 aliphatic heterocycles. The number of aliphatic imine (C=N–C) groups is 1. The molecule has 21 heavy (non-hydrogen) atoms. The van der Waals surface area contributed by atoms with E-state index in [0.717, 1.165) is 12.3 Å². The SMILES string of the molecule is NC1=NC(F)(c2ccnc(C(F)(F)F)c2)c2ccccc21. The van der Waals surface area contributed by atoms with E-state index in [1.54, 1.807) is 18.2 Å². The number of amidine groups is 1. The van der Waals surface area contributed by atoms with Crippen molar-refractivity contribution in [2.45, 2.75) is 12.0 Å². The van der Waals surface area contributed by atoms with E-state index in [1.807, 2.05) is 0 Å². The van der Waals surface area contributed by atoms with Crippen molar-refractivity contribution in [3.8, 4) is 0 Å². The van der Waals surface area contributed by atoms with Crippen LogP contribution < -0.4 is 5.73 Å². The van der Waals surface area contributed by atoms with Gasteiger partial charge in [0.2, 0.25) is 0 Å². The number of hydrogen-bond acceptors (Lipinski definition) is 3. The van der Waals surface area contributed by atoms with Crippen LogP contribution in [0.2, 0.25) is 0 Å². The molecule has 108 valence electrons. The molecule has 0 radical (unpaired) electrons. The predicted octanol–water partition coefficient (Wildman–Crippen LogP) is 2.99. The summed E-state index contributed by atoms with van der Waals surface area (Å²) in [5, 5.41) is 0. The Balaban J connectivity index is 2.18. The molecule has 2 aromatic rings. The fraction of sp³-hybridized carbons (Fsp3) is 0.143.